The molecular formula is C22H25NO5S. The van der Waals surface area contributed by atoms with Gasteiger partial charge in [-0.2, -0.15) is 0 Å². The summed E-state index contributed by atoms with van der Waals surface area (Å²) in [5, 5.41) is 3.22. The van der Waals surface area contributed by atoms with Gasteiger partial charge in [-0.15, -0.1) is 11.3 Å². The molecule has 6 nitrogen and oxygen atoms in total. The highest BCUT2D eigenvalue weighted by atomic mass is 32.1. The molecular weight excluding hydrogens is 390 g/mol. The van der Waals surface area contributed by atoms with E-state index in [1.54, 1.807) is 19.1 Å². The maximum atomic E-state index is 12.4. The monoisotopic (exact) mass is 415 g/mol. The lowest BCUT2D eigenvalue weighted by molar-refractivity contribution is -0.119. The van der Waals surface area contributed by atoms with Gasteiger partial charge in [-0.25, -0.2) is 9.59 Å². The molecule has 1 heterocycles. The second-order valence-electron chi connectivity index (χ2n) is 7.01. The van der Waals surface area contributed by atoms with E-state index in [1.807, 2.05) is 19.9 Å². The fourth-order valence-electron chi connectivity index (χ4n) is 3.42. The average molecular weight is 416 g/mol. The summed E-state index contributed by atoms with van der Waals surface area (Å²) in [5.41, 5.74) is 3.67. The number of hydrogen-bond donors (Lipinski definition) is 1. The first-order chi connectivity index (χ1) is 13.9. The van der Waals surface area contributed by atoms with Crippen LogP contribution in [0.1, 0.15) is 62.0 Å². The molecule has 0 unspecified atom stereocenters. The number of carbonyl (C=O) groups is 3. The van der Waals surface area contributed by atoms with Crippen molar-refractivity contribution in [2.75, 3.05) is 18.5 Å². The molecule has 1 N–H and O–H groups in total. The van der Waals surface area contributed by atoms with E-state index in [1.165, 1.54) is 11.3 Å². The minimum Gasteiger partial charge on any atom is -0.462 e. The molecule has 1 aliphatic carbocycles. The van der Waals surface area contributed by atoms with E-state index in [2.05, 4.69) is 5.32 Å². The number of anilines is 1. The van der Waals surface area contributed by atoms with Crippen LogP contribution in [0.4, 0.5) is 5.00 Å². The van der Waals surface area contributed by atoms with Crippen molar-refractivity contribution in [3.63, 3.8) is 0 Å². The number of benzene rings is 1. The van der Waals surface area contributed by atoms with Crippen LogP contribution >= 0.6 is 11.3 Å². The fourth-order valence-corrected chi connectivity index (χ4v) is 4.71. The first-order valence-electron chi connectivity index (χ1n) is 9.77. The molecule has 2 aromatic rings. The molecule has 3 rings (SSSR count). The zero-order valence-electron chi connectivity index (χ0n) is 16.9. The molecule has 0 spiro atoms. The number of hydrogen-bond acceptors (Lipinski definition) is 6. The van der Waals surface area contributed by atoms with Crippen LogP contribution in [0.3, 0.4) is 0 Å². The Hall–Kier alpha value is -2.67. The predicted octanol–water partition coefficient (Wildman–Crippen LogP) is 4.22. The van der Waals surface area contributed by atoms with Crippen molar-refractivity contribution in [2.24, 2.45) is 0 Å². The van der Waals surface area contributed by atoms with Gasteiger partial charge in [0.15, 0.2) is 6.61 Å². The fraction of sp³-hybridized carbons (Fsp3) is 0.409. The second-order valence-corrected chi connectivity index (χ2v) is 8.11. The third-order valence-electron chi connectivity index (χ3n) is 5.06. The Bertz CT molecular complexity index is 947. The van der Waals surface area contributed by atoms with Crippen LogP contribution in [0.25, 0.3) is 0 Å². The van der Waals surface area contributed by atoms with E-state index in [0.717, 1.165) is 47.3 Å². The number of nitrogens with one attached hydrogen (secondary N) is 1. The number of ether oxygens (including phenoxy) is 2. The number of rotatable bonds is 6. The molecule has 7 heteroatoms. The molecule has 0 fully saturated rings. The van der Waals surface area contributed by atoms with Crippen molar-refractivity contribution in [1.29, 1.82) is 0 Å². The van der Waals surface area contributed by atoms with Crippen molar-refractivity contribution in [2.45, 2.75) is 46.5 Å². The second kappa shape index (κ2) is 9.22. The van der Waals surface area contributed by atoms with E-state index in [-0.39, 0.29) is 6.61 Å². The molecule has 0 aliphatic heterocycles. The normalized spacial score (nSPS) is 12.8. The number of amides is 1. The number of fused-ring (bicyclic) bond motifs is 1. The maximum Gasteiger partial charge on any atom is 0.341 e. The lowest BCUT2D eigenvalue weighted by atomic mass is 9.95. The van der Waals surface area contributed by atoms with Gasteiger partial charge < -0.3 is 14.8 Å². The van der Waals surface area contributed by atoms with Gasteiger partial charge in [0.05, 0.1) is 17.7 Å². The Morgan fingerprint density at radius 3 is 2.59 bits per heavy atom. The van der Waals surface area contributed by atoms with Crippen molar-refractivity contribution < 1.29 is 23.9 Å². The molecule has 0 atom stereocenters. The highest BCUT2D eigenvalue weighted by Crippen LogP contribution is 2.38. The quantitative estimate of drug-likeness (QED) is 0.715. The summed E-state index contributed by atoms with van der Waals surface area (Å²) in [5.74, 6) is -1.44. The van der Waals surface area contributed by atoms with Crippen LogP contribution in [0, 0.1) is 13.8 Å². The third kappa shape index (κ3) is 4.67. The molecule has 1 amide bonds. The Morgan fingerprint density at radius 2 is 1.83 bits per heavy atom. The molecule has 0 saturated heterocycles. The van der Waals surface area contributed by atoms with E-state index in [9.17, 15) is 14.4 Å². The number of thiophene rings is 1. The summed E-state index contributed by atoms with van der Waals surface area (Å²) in [6.07, 6.45) is 3.77. The minimum atomic E-state index is -0.544. The molecule has 1 aromatic carbocycles. The Morgan fingerprint density at radius 1 is 1.07 bits per heavy atom. The van der Waals surface area contributed by atoms with Crippen molar-refractivity contribution in [3.8, 4) is 0 Å². The van der Waals surface area contributed by atoms with Crippen LogP contribution in [0.15, 0.2) is 18.2 Å². The molecule has 0 saturated carbocycles. The van der Waals surface area contributed by atoms with E-state index < -0.39 is 24.5 Å². The summed E-state index contributed by atoms with van der Waals surface area (Å²) < 4.78 is 10.4. The van der Waals surface area contributed by atoms with E-state index in [4.69, 9.17) is 9.47 Å². The first kappa shape index (κ1) is 21.0. The van der Waals surface area contributed by atoms with Gasteiger partial charge in [0.1, 0.15) is 5.00 Å². The van der Waals surface area contributed by atoms with Gasteiger partial charge in [0.2, 0.25) is 0 Å². The number of esters is 2. The SMILES string of the molecule is CCOC(=O)c1c(NC(=O)COC(=O)c2cccc(C)c2C)sc2c1CCCC2. The minimum absolute atomic E-state index is 0.268. The molecule has 154 valence electrons. The maximum absolute atomic E-state index is 12.4. The first-order valence-corrected chi connectivity index (χ1v) is 10.6. The molecule has 1 aromatic heterocycles. The summed E-state index contributed by atoms with van der Waals surface area (Å²) in [7, 11) is 0. The number of aryl methyl sites for hydroxylation is 2. The Labute approximate surface area is 174 Å². The summed E-state index contributed by atoms with van der Waals surface area (Å²) in [6.45, 7) is 5.35. The van der Waals surface area contributed by atoms with E-state index >= 15 is 0 Å². The molecule has 29 heavy (non-hydrogen) atoms. The largest absolute Gasteiger partial charge is 0.462 e. The standard InChI is InChI=1S/C22H25NO5S/c1-4-27-22(26)19-16-9-5-6-11-17(16)29-20(19)23-18(24)12-28-21(25)15-10-7-8-13(2)14(15)3/h7-8,10H,4-6,9,11-12H2,1-3H3,(H,23,24). The van der Waals surface area contributed by atoms with Crippen LogP contribution in [0.2, 0.25) is 0 Å². The lowest BCUT2D eigenvalue weighted by Gasteiger charge is -2.12. The van der Waals surface area contributed by atoms with Gasteiger partial charge in [-0.05, 0) is 69.2 Å². The zero-order chi connectivity index (χ0) is 21.0. The molecule has 0 bridgehead atoms. The average Bonchev–Trinajstić information content (AvgIpc) is 3.06. The predicted molar refractivity (Wildman–Crippen MR) is 112 cm³/mol. The van der Waals surface area contributed by atoms with Crippen molar-refractivity contribution in [1.82, 2.24) is 0 Å². The zero-order valence-corrected chi connectivity index (χ0v) is 17.7. The van der Waals surface area contributed by atoms with Crippen molar-refractivity contribution in [3.05, 3.63) is 50.9 Å². The van der Waals surface area contributed by atoms with E-state index in [0.29, 0.717) is 16.1 Å². The smallest absolute Gasteiger partial charge is 0.341 e. The van der Waals surface area contributed by atoms with Crippen LogP contribution < -0.4 is 5.32 Å². The Balaban J connectivity index is 1.70. The third-order valence-corrected chi connectivity index (χ3v) is 6.27. The molecule has 1 aliphatic rings. The van der Waals surface area contributed by atoms with Crippen LogP contribution in [-0.2, 0) is 27.1 Å². The summed E-state index contributed by atoms with van der Waals surface area (Å²) in [4.78, 5) is 38.3. The van der Waals surface area contributed by atoms with Gasteiger partial charge >= 0.3 is 11.9 Å². The topological polar surface area (TPSA) is 81.7 Å². The van der Waals surface area contributed by atoms with Crippen LogP contribution in [-0.4, -0.2) is 31.1 Å². The van der Waals surface area contributed by atoms with Crippen molar-refractivity contribution >= 4 is 34.2 Å². The summed E-state index contributed by atoms with van der Waals surface area (Å²) in [6, 6.07) is 5.36. The van der Waals surface area contributed by atoms with Gasteiger partial charge in [-0.3, -0.25) is 4.79 Å². The number of carbonyl (C=O) groups excluding carboxylic acids is 3. The molecule has 0 radical (unpaired) electrons. The highest BCUT2D eigenvalue weighted by Gasteiger charge is 2.27. The lowest BCUT2D eigenvalue weighted by Crippen LogP contribution is -2.22. The highest BCUT2D eigenvalue weighted by molar-refractivity contribution is 7.17. The Kier molecular flexibility index (Phi) is 6.69. The van der Waals surface area contributed by atoms with Gasteiger partial charge in [0.25, 0.3) is 5.91 Å². The van der Waals surface area contributed by atoms with Crippen LogP contribution in [0.5, 0.6) is 0 Å². The summed E-state index contributed by atoms with van der Waals surface area (Å²) >= 11 is 1.41. The van der Waals surface area contributed by atoms with Gasteiger partial charge in [-0.1, -0.05) is 12.1 Å². The van der Waals surface area contributed by atoms with Gasteiger partial charge in [0, 0.05) is 4.88 Å².